The second kappa shape index (κ2) is 8.55. The molecular weight excluding hydrogens is 344 g/mol. The lowest BCUT2D eigenvalue weighted by molar-refractivity contribution is 0.102. The minimum atomic E-state index is -0.433. The summed E-state index contributed by atoms with van der Waals surface area (Å²) in [6, 6.07) is 13.9. The van der Waals surface area contributed by atoms with Gasteiger partial charge in [-0.1, -0.05) is 24.3 Å². The standard InChI is InChI=1S/C20H24N4O3/c1-13(23-20(26)27-16-10-11-22-12-16)14-6-8-15(9-7-14)19(25)24-18-5-3-2-4-17(18)21/h2-9,13,16,22H,10-12,21H2,1H3,(H,23,26)(H,24,25)/t13?,16-/m0/s1. The summed E-state index contributed by atoms with van der Waals surface area (Å²) < 4.78 is 5.35. The van der Waals surface area contributed by atoms with Crippen molar-refractivity contribution < 1.29 is 14.3 Å². The van der Waals surface area contributed by atoms with E-state index in [0.29, 0.717) is 23.5 Å². The van der Waals surface area contributed by atoms with E-state index >= 15 is 0 Å². The molecule has 2 atom stereocenters. The van der Waals surface area contributed by atoms with Crippen LogP contribution in [0.4, 0.5) is 16.2 Å². The number of nitrogens with two attached hydrogens (primary N) is 1. The molecule has 1 aliphatic rings. The Labute approximate surface area is 158 Å². The van der Waals surface area contributed by atoms with Gasteiger partial charge in [0.05, 0.1) is 17.4 Å². The van der Waals surface area contributed by atoms with Crippen LogP contribution in [0.5, 0.6) is 0 Å². The van der Waals surface area contributed by atoms with Crippen LogP contribution >= 0.6 is 0 Å². The van der Waals surface area contributed by atoms with Gasteiger partial charge in [-0.15, -0.1) is 0 Å². The van der Waals surface area contributed by atoms with Gasteiger partial charge in [0, 0.05) is 12.1 Å². The second-order valence-electron chi connectivity index (χ2n) is 6.55. The molecule has 0 aliphatic carbocycles. The molecule has 0 saturated carbocycles. The van der Waals surface area contributed by atoms with Crippen molar-refractivity contribution in [3.05, 3.63) is 59.7 Å². The highest BCUT2D eigenvalue weighted by Gasteiger charge is 2.20. The van der Waals surface area contributed by atoms with Crippen molar-refractivity contribution in [3.8, 4) is 0 Å². The quantitative estimate of drug-likeness (QED) is 0.607. The fourth-order valence-corrected chi connectivity index (χ4v) is 2.90. The van der Waals surface area contributed by atoms with Crippen LogP contribution < -0.4 is 21.7 Å². The number of hydrogen-bond donors (Lipinski definition) is 4. The number of nitrogen functional groups attached to an aromatic ring is 1. The molecule has 27 heavy (non-hydrogen) atoms. The molecule has 2 aromatic rings. The predicted octanol–water partition coefficient (Wildman–Crippen LogP) is 2.67. The Bertz CT molecular complexity index is 801. The average Bonchev–Trinajstić information content (AvgIpc) is 3.16. The van der Waals surface area contributed by atoms with Crippen molar-refractivity contribution in [1.82, 2.24) is 10.6 Å². The summed E-state index contributed by atoms with van der Waals surface area (Å²) in [6.45, 7) is 3.43. The van der Waals surface area contributed by atoms with Gasteiger partial charge in [-0.2, -0.15) is 0 Å². The van der Waals surface area contributed by atoms with Gasteiger partial charge in [0.15, 0.2) is 0 Å². The Balaban J connectivity index is 1.56. The number of amides is 2. The molecule has 3 rings (SSSR count). The molecule has 1 fully saturated rings. The van der Waals surface area contributed by atoms with Crippen LogP contribution in [0.25, 0.3) is 0 Å². The van der Waals surface area contributed by atoms with Crippen LogP contribution in [0.2, 0.25) is 0 Å². The number of alkyl carbamates (subject to hydrolysis) is 1. The lowest BCUT2D eigenvalue weighted by atomic mass is 10.1. The zero-order chi connectivity index (χ0) is 19.2. The van der Waals surface area contributed by atoms with Gasteiger partial charge in [0.1, 0.15) is 6.10 Å². The highest BCUT2D eigenvalue weighted by molar-refractivity contribution is 6.05. The van der Waals surface area contributed by atoms with Crippen LogP contribution in [0, 0.1) is 0 Å². The van der Waals surface area contributed by atoms with Crippen LogP contribution in [0.3, 0.4) is 0 Å². The molecule has 0 radical (unpaired) electrons. The van der Waals surface area contributed by atoms with Crippen molar-refractivity contribution in [2.24, 2.45) is 0 Å². The SMILES string of the molecule is CC(NC(=O)O[C@H]1CCNC1)c1ccc(C(=O)Nc2ccccc2N)cc1. The van der Waals surface area contributed by atoms with Crippen molar-refractivity contribution in [3.63, 3.8) is 0 Å². The molecule has 0 aromatic heterocycles. The van der Waals surface area contributed by atoms with Crippen molar-refractivity contribution >= 4 is 23.4 Å². The molecule has 7 nitrogen and oxygen atoms in total. The van der Waals surface area contributed by atoms with E-state index in [-0.39, 0.29) is 18.1 Å². The first-order valence-corrected chi connectivity index (χ1v) is 8.96. The molecule has 142 valence electrons. The molecule has 0 bridgehead atoms. The Hall–Kier alpha value is -3.06. The van der Waals surface area contributed by atoms with E-state index in [1.54, 1.807) is 24.3 Å². The third kappa shape index (κ3) is 4.98. The molecule has 7 heteroatoms. The summed E-state index contributed by atoms with van der Waals surface area (Å²) in [6.07, 6.45) is 0.323. The highest BCUT2D eigenvalue weighted by atomic mass is 16.6. The maximum atomic E-state index is 12.4. The molecule has 1 saturated heterocycles. The molecule has 2 amide bonds. The molecule has 0 spiro atoms. The van der Waals surface area contributed by atoms with Crippen molar-refractivity contribution in [2.75, 3.05) is 24.1 Å². The summed E-state index contributed by atoms with van der Waals surface area (Å²) in [5, 5.41) is 8.75. The average molecular weight is 368 g/mol. The monoisotopic (exact) mass is 368 g/mol. The summed E-state index contributed by atoms with van der Waals surface area (Å²) in [5.41, 5.74) is 8.32. The van der Waals surface area contributed by atoms with Crippen molar-refractivity contribution in [2.45, 2.75) is 25.5 Å². The lowest BCUT2D eigenvalue weighted by Gasteiger charge is -2.17. The number of carbonyl (C=O) groups is 2. The zero-order valence-corrected chi connectivity index (χ0v) is 15.2. The Morgan fingerprint density at radius 3 is 2.59 bits per heavy atom. The number of anilines is 2. The van der Waals surface area contributed by atoms with Gasteiger partial charge in [0.2, 0.25) is 0 Å². The fraction of sp³-hybridized carbons (Fsp3) is 0.300. The number of ether oxygens (including phenoxy) is 1. The minimum Gasteiger partial charge on any atom is -0.445 e. The fourth-order valence-electron chi connectivity index (χ4n) is 2.90. The van der Waals surface area contributed by atoms with E-state index < -0.39 is 6.09 Å². The second-order valence-corrected chi connectivity index (χ2v) is 6.55. The van der Waals surface area contributed by atoms with Gasteiger partial charge in [-0.25, -0.2) is 4.79 Å². The summed E-state index contributed by atoms with van der Waals surface area (Å²) in [7, 11) is 0. The normalized spacial score (nSPS) is 17.1. The number of benzene rings is 2. The summed E-state index contributed by atoms with van der Waals surface area (Å²) in [5.74, 6) is -0.242. The lowest BCUT2D eigenvalue weighted by Crippen LogP contribution is -2.31. The molecule has 2 aromatic carbocycles. The van der Waals surface area contributed by atoms with Crippen molar-refractivity contribution in [1.29, 1.82) is 0 Å². The van der Waals surface area contributed by atoms with E-state index in [9.17, 15) is 9.59 Å². The maximum absolute atomic E-state index is 12.4. The summed E-state index contributed by atoms with van der Waals surface area (Å²) >= 11 is 0. The Morgan fingerprint density at radius 1 is 1.19 bits per heavy atom. The first kappa shape index (κ1) is 18.7. The van der Waals surface area contributed by atoms with E-state index in [2.05, 4.69) is 16.0 Å². The molecular formula is C20H24N4O3. The number of rotatable bonds is 5. The molecule has 1 aliphatic heterocycles. The molecule has 1 heterocycles. The van der Waals surface area contributed by atoms with Crippen LogP contribution in [0.15, 0.2) is 48.5 Å². The Kier molecular flexibility index (Phi) is 5.93. The van der Waals surface area contributed by atoms with E-state index in [0.717, 1.165) is 18.5 Å². The number of para-hydroxylation sites is 2. The predicted molar refractivity (Wildman–Crippen MR) is 105 cm³/mol. The largest absolute Gasteiger partial charge is 0.445 e. The van der Waals surface area contributed by atoms with Gasteiger partial charge < -0.3 is 26.4 Å². The summed E-state index contributed by atoms with van der Waals surface area (Å²) in [4.78, 5) is 24.3. The number of hydrogen-bond acceptors (Lipinski definition) is 5. The first-order valence-electron chi connectivity index (χ1n) is 8.96. The van der Waals surface area contributed by atoms with Crippen LogP contribution in [0.1, 0.15) is 35.3 Å². The highest BCUT2D eigenvalue weighted by Crippen LogP contribution is 2.19. The van der Waals surface area contributed by atoms with Gasteiger partial charge in [-0.05, 0) is 49.7 Å². The number of carbonyl (C=O) groups excluding carboxylic acids is 2. The van der Waals surface area contributed by atoms with Gasteiger partial charge >= 0.3 is 6.09 Å². The van der Waals surface area contributed by atoms with Gasteiger partial charge in [0.25, 0.3) is 5.91 Å². The van der Waals surface area contributed by atoms with Crippen LogP contribution in [-0.4, -0.2) is 31.2 Å². The van der Waals surface area contributed by atoms with Crippen LogP contribution in [-0.2, 0) is 4.74 Å². The molecule has 1 unspecified atom stereocenters. The third-order valence-corrected chi connectivity index (χ3v) is 4.51. The van der Waals surface area contributed by atoms with E-state index in [1.807, 2.05) is 31.2 Å². The maximum Gasteiger partial charge on any atom is 0.407 e. The van der Waals surface area contributed by atoms with E-state index in [4.69, 9.17) is 10.5 Å². The van der Waals surface area contributed by atoms with Gasteiger partial charge in [-0.3, -0.25) is 4.79 Å². The van der Waals surface area contributed by atoms with E-state index in [1.165, 1.54) is 0 Å². The minimum absolute atomic E-state index is 0.0753. The third-order valence-electron chi connectivity index (χ3n) is 4.51. The first-order chi connectivity index (χ1) is 13.0. The Morgan fingerprint density at radius 2 is 1.93 bits per heavy atom. The molecule has 5 N–H and O–H groups in total. The zero-order valence-electron chi connectivity index (χ0n) is 15.2. The topological polar surface area (TPSA) is 105 Å². The number of nitrogens with one attached hydrogen (secondary N) is 3. The smallest absolute Gasteiger partial charge is 0.407 e.